The molecule has 0 radical (unpaired) electrons. The molecular formula is C48H99N2O6P. The normalized spacial score (nSPS) is 13.8. The molecule has 0 aromatic rings. The van der Waals surface area contributed by atoms with E-state index in [2.05, 4.69) is 19.2 Å². The van der Waals surface area contributed by atoms with Crippen molar-refractivity contribution in [1.82, 2.24) is 5.32 Å². The van der Waals surface area contributed by atoms with Gasteiger partial charge in [-0.1, -0.05) is 251 Å². The second kappa shape index (κ2) is 45.0. The van der Waals surface area contributed by atoms with Gasteiger partial charge in [-0.25, -0.2) is 4.57 Å². The van der Waals surface area contributed by atoms with E-state index in [-0.39, 0.29) is 25.7 Å². The van der Waals surface area contributed by atoms with Crippen LogP contribution in [0.15, 0.2) is 0 Å². The number of hydrogen-bond donors (Lipinski definition) is 4. The summed E-state index contributed by atoms with van der Waals surface area (Å²) < 4.78 is 22.3. The fraction of sp³-hybridized carbons (Fsp3) is 0.979. The van der Waals surface area contributed by atoms with Crippen LogP contribution in [0.2, 0.25) is 0 Å². The van der Waals surface area contributed by atoms with Crippen molar-refractivity contribution >= 4 is 13.7 Å². The number of phosphoric ester groups is 1. The highest BCUT2D eigenvalue weighted by Gasteiger charge is 2.27. The van der Waals surface area contributed by atoms with Gasteiger partial charge in [-0.15, -0.1) is 0 Å². The largest absolute Gasteiger partial charge is 0.472 e. The van der Waals surface area contributed by atoms with Gasteiger partial charge in [0.2, 0.25) is 5.91 Å². The maximum Gasteiger partial charge on any atom is 0.472 e. The Morgan fingerprint density at radius 1 is 0.509 bits per heavy atom. The summed E-state index contributed by atoms with van der Waals surface area (Å²) in [5.41, 5.74) is 5.39. The summed E-state index contributed by atoms with van der Waals surface area (Å²) in [6, 6.07) is -0.768. The van der Waals surface area contributed by atoms with E-state index in [0.717, 1.165) is 38.5 Å². The van der Waals surface area contributed by atoms with E-state index < -0.39 is 20.0 Å². The average Bonchev–Trinajstić information content (AvgIpc) is 3.20. The third kappa shape index (κ3) is 43.4. The summed E-state index contributed by atoms with van der Waals surface area (Å²) in [6.07, 6.45) is 49.8. The number of phosphoric acid groups is 1. The molecule has 3 atom stereocenters. The minimum atomic E-state index is -4.31. The molecule has 0 aliphatic heterocycles. The molecule has 5 N–H and O–H groups in total. The monoisotopic (exact) mass is 831 g/mol. The molecule has 1 amide bonds. The molecule has 0 aliphatic rings. The van der Waals surface area contributed by atoms with Crippen LogP contribution in [0.25, 0.3) is 0 Å². The first-order chi connectivity index (χ1) is 27.9. The Labute approximate surface area is 354 Å². The highest BCUT2D eigenvalue weighted by molar-refractivity contribution is 7.47. The zero-order valence-electron chi connectivity index (χ0n) is 38.1. The molecule has 0 aromatic heterocycles. The number of aliphatic hydroxyl groups excluding tert-OH is 1. The van der Waals surface area contributed by atoms with Gasteiger partial charge in [0, 0.05) is 13.0 Å². The Bertz CT molecular complexity index is 865. The van der Waals surface area contributed by atoms with Gasteiger partial charge < -0.3 is 21.1 Å². The predicted molar refractivity (Wildman–Crippen MR) is 245 cm³/mol. The highest BCUT2D eigenvalue weighted by atomic mass is 31.2. The first-order valence-corrected chi connectivity index (χ1v) is 26.6. The second-order valence-corrected chi connectivity index (χ2v) is 18.8. The first kappa shape index (κ1) is 56.5. The molecule has 0 aliphatic carbocycles. The fourth-order valence-electron chi connectivity index (χ4n) is 7.90. The van der Waals surface area contributed by atoms with Gasteiger partial charge in [0.05, 0.1) is 25.4 Å². The summed E-state index contributed by atoms with van der Waals surface area (Å²) in [5, 5.41) is 13.9. The van der Waals surface area contributed by atoms with E-state index >= 15 is 0 Å². The lowest BCUT2D eigenvalue weighted by Gasteiger charge is -2.25. The molecule has 342 valence electrons. The summed E-state index contributed by atoms with van der Waals surface area (Å²) in [4.78, 5) is 22.8. The number of amides is 1. The van der Waals surface area contributed by atoms with Crippen LogP contribution in [-0.4, -0.2) is 47.8 Å². The molecule has 0 heterocycles. The Morgan fingerprint density at radius 2 is 0.807 bits per heavy atom. The number of nitrogens with two attached hydrogens (primary N) is 1. The fourth-order valence-corrected chi connectivity index (χ4v) is 8.66. The third-order valence-electron chi connectivity index (χ3n) is 11.7. The van der Waals surface area contributed by atoms with Crippen LogP contribution >= 0.6 is 7.82 Å². The van der Waals surface area contributed by atoms with Crippen molar-refractivity contribution in [2.75, 3.05) is 19.8 Å². The van der Waals surface area contributed by atoms with Crippen molar-refractivity contribution in [3.63, 3.8) is 0 Å². The Balaban J connectivity index is 3.98. The van der Waals surface area contributed by atoms with Crippen molar-refractivity contribution in [1.29, 1.82) is 0 Å². The van der Waals surface area contributed by atoms with Gasteiger partial charge in [0.15, 0.2) is 0 Å². The van der Waals surface area contributed by atoms with Gasteiger partial charge in [-0.2, -0.15) is 0 Å². The van der Waals surface area contributed by atoms with Crippen LogP contribution in [-0.2, 0) is 18.4 Å². The number of aliphatic hydroxyl groups is 1. The lowest BCUT2D eigenvalue weighted by molar-refractivity contribution is -0.123. The predicted octanol–water partition coefficient (Wildman–Crippen LogP) is 14.6. The summed E-state index contributed by atoms with van der Waals surface area (Å²) in [6.45, 7) is 4.25. The molecule has 57 heavy (non-hydrogen) atoms. The molecule has 0 bridgehead atoms. The molecule has 0 spiro atoms. The van der Waals surface area contributed by atoms with Crippen molar-refractivity contribution in [2.45, 2.75) is 283 Å². The number of hydrogen-bond acceptors (Lipinski definition) is 6. The number of nitrogens with one attached hydrogen (secondary N) is 1. The molecule has 0 fully saturated rings. The van der Waals surface area contributed by atoms with Crippen molar-refractivity contribution in [3.8, 4) is 0 Å². The standard InChI is InChI=1S/C48H99N2O6P/c1-3-5-7-9-11-13-15-17-19-20-21-22-23-24-25-26-28-30-32-34-36-38-40-42-48(52)50-46(45-56-57(53,54)55-44-43-49)47(51)41-39-37-35-33-31-29-27-18-16-14-12-10-8-6-4-2/h46-47,51H,3-45,49H2,1-2H3,(H,50,52)(H,53,54). The number of rotatable bonds is 48. The number of carbonyl (C=O) groups is 1. The minimum absolute atomic E-state index is 0.0927. The van der Waals surface area contributed by atoms with Crippen LogP contribution in [0.1, 0.15) is 271 Å². The van der Waals surface area contributed by atoms with Gasteiger partial charge >= 0.3 is 7.82 Å². The Hall–Kier alpha value is -0.500. The molecule has 3 unspecified atom stereocenters. The van der Waals surface area contributed by atoms with E-state index in [1.165, 1.54) is 205 Å². The van der Waals surface area contributed by atoms with Crippen LogP contribution in [0, 0.1) is 0 Å². The molecule has 0 aromatic carbocycles. The highest BCUT2D eigenvalue weighted by Crippen LogP contribution is 2.43. The van der Waals surface area contributed by atoms with Gasteiger partial charge in [-0.05, 0) is 12.8 Å². The number of carbonyl (C=O) groups excluding carboxylic acids is 1. The van der Waals surface area contributed by atoms with Crippen LogP contribution in [0.3, 0.4) is 0 Å². The van der Waals surface area contributed by atoms with Crippen molar-refractivity contribution in [2.24, 2.45) is 5.73 Å². The topological polar surface area (TPSA) is 131 Å². The van der Waals surface area contributed by atoms with Crippen LogP contribution < -0.4 is 11.1 Å². The quantitative estimate of drug-likeness (QED) is 0.0355. The minimum Gasteiger partial charge on any atom is -0.391 e. The van der Waals surface area contributed by atoms with E-state index in [1.54, 1.807) is 0 Å². The van der Waals surface area contributed by atoms with Crippen LogP contribution in [0.4, 0.5) is 0 Å². The SMILES string of the molecule is CCCCCCCCCCCCCCCCCCCCCCCCCC(=O)NC(COP(=O)(O)OCCN)C(O)CCCCCCCCCCCCCCCCC. The van der Waals surface area contributed by atoms with Crippen molar-refractivity contribution in [3.05, 3.63) is 0 Å². The molecular weight excluding hydrogens is 732 g/mol. The third-order valence-corrected chi connectivity index (χ3v) is 12.7. The van der Waals surface area contributed by atoms with E-state index in [0.29, 0.717) is 12.8 Å². The molecule has 0 rings (SSSR count). The zero-order valence-corrected chi connectivity index (χ0v) is 39.0. The summed E-state index contributed by atoms with van der Waals surface area (Å²) in [5.74, 6) is -0.154. The molecule has 0 saturated heterocycles. The van der Waals surface area contributed by atoms with Crippen LogP contribution in [0.5, 0.6) is 0 Å². The van der Waals surface area contributed by atoms with Gasteiger partial charge in [-0.3, -0.25) is 13.8 Å². The first-order valence-electron chi connectivity index (χ1n) is 25.2. The average molecular weight is 831 g/mol. The molecule has 0 saturated carbocycles. The summed E-state index contributed by atoms with van der Waals surface area (Å²) >= 11 is 0. The number of unbranched alkanes of at least 4 members (excludes halogenated alkanes) is 36. The Morgan fingerprint density at radius 3 is 1.12 bits per heavy atom. The Kier molecular flexibility index (Phi) is 44.6. The lowest BCUT2D eigenvalue weighted by Crippen LogP contribution is -2.46. The smallest absolute Gasteiger partial charge is 0.391 e. The van der Waals surface area contributed by atoms with E-state index in [9.17, 15) is 19.4 Å². The lowest BCUT2D eigenvalue weighted by atomic mass is 10.0. The maximum absolute atomic E-state index is 12.8. The van der Waals surface area contributed by atoms with E-state index in [1.807, 2.05) is 0 Å². The van der Waals surface area contributed by atoms with Gasteiger partial charge in [0.1, 0.15) is 0 Å². The summed E-state index contributed by atoms with van der Waals surface area (Å²) in [7, 11) is -4.31. The molecule has 9 heteroatoms. The van der Waals surface area contributed by atoms with E-state index in [4.69, 9.17) is 14.8 Å². The van der Waals surface area contributed by atoms with Crippen molar-refractivity contribution < 1.29 is 28.4 Å². The second-order valence-electron chi connectivity index (χ2n) is 17.4. The molecule has 8 nitrogen and oxygen atoms in total. The van der Waals surface area contributed by atoms with Gasteiger partial charge in [0.25, 0.3) is 0 Å². The zero-order chi connectivity index (χ0) is 41.8. The maximum atomic E-state index is 12.8.